The maximum absolute atomic E-state index is 11.9. The Kier molecular flexibility index (Phi) is 3.95. The monoisotopic (exact) mass is 258 g/mol. The van der Waals surface area contributed by atoms with E-state index in [9.17, 15) is 9.59 Å². The van der Waals surface area contributed by atoms with Gasteiger partial charge < -0.3 is 5.32 Å². The van der Waals surface area contributed by atoms with Crippen molar-refractivity contribution in [3.8, 4) is 11.8 Å². The molecule has 2 rings (SSSR count). The van der Waals surface area contributed by atoms with Crippen molar-refractivity contribution < 1.29 is 14.8 Å². The van der Waals surface area contributed by atoms with E-state index in [2.05, 4.69) is 17.2 Å². The molecule has 1 aromatic rings. The van der Waals surface area contributed by atoms with E-state index < -0.39 is 11.9 Å². The average molecular weight is 258 g/mol. The van der Waals surface area contributed by atoms with Gasteiger partial charge in [0.05, 0.1) is 0 Å². The standard InChI is InChI=1S/C14H14N2O3/c1-2-3-12(17)13-11-8-10(14(18)16-19)5-4-9(11)6-7-15-13/h4-5,8,13,15,19H,6-7H2,1H3,(H,16,18). The van der Waals surface area contributed by atoms with Crippen LogP contribution in [0.5, 0.6) is 0 Å². The molecule has 1 heterocycles. The number of hydrogen-bond acceptors (Lipinski definition) is 4. The molecule has 1 atom stereocenters. The molecule has 3 N–H and O–H groups in total. The lowest BCUT2D eigenvalue weighted by Gasteiger charge is -2.24. The SMILES string of the molecule is CC#CC(=O)C1NCCc2ccc(C(=O)NO)cc21. The Labute approximate surface area is 111 Å². The van der Waals surface area contributed by atoms with Gasteiger partial charge in [0.2, 0.25) is 5.78 Å². The number of rotatable bonds is 2. The summed E-state index contributed by atoms with van der Waals surface area (Å²) in [6.45, 7) is 2.30. The van der Waals surface area contributed by atoms with Gasteiger partial charge in [-0.15, -0.1) is 0 Å². The van der Waals surface area contributed by atoms with E-state index in [-0.39, 0.29) is 5.78 Å². The third-order valence-corrected chi connectivity index (χ3v) is 3.07. The highest BCUT2D eigenvalue weighted by atomic mass is 16.5. The minimum absolute atomic E-state index is 0.218. The molecule has 0 aromatic heterocycles. The first kappa shape index (κ1) is 13.3. The number of amides is 1. The predicted octanol–water partition coefficient (Wildman–Crippen LogP) is 0.585. The molecule has 0 spiro atoms. The number of carbonyl (C=O) groups is 2. The Bertz CT molecular complexity index is 584. The number of ketones is 1. The molecule has 0 bridgehead atoms. The van der Waals surface area contributed by atoms with E-state index in [1.54, 1.807) is 30.6 Å². The van der Waals surface area contributed by atoms with Gasteiger partial charge in [0.1, 0.15) is 6.04 Å². The van der Waals surface area contributed by atoms with Gasteiger partial charge in [0.15, 0.2) is 0 Å². The molecule has 1 aliphatic rings. The first-order chi connectivity index (χ1) is 9.17. The highest BCUT2D eigenvalue weighted by molar-refractivity contribution is 6.01. The summed E-state index contributed by atoms with van der Waals surface area (Å²) in [6.07, 6.45) is 0.791. The van der Waals surface area contributed by atoms with Crippen LogP contribution in [0.3, 0.4) is 0 Å². The van der Waals surface area contributed by atoms with Gasteiger partial charge in [0, 0.05) is 12.1 Å². The fourth-order valence-electron chi connectivity index (χ4n) is 2.19. The van der Waals surface area contributed by atoms with Crippen LogP contribution in [0.15, 0.2) is 18.2 Å². The second-order valence-corrected chi connectivity index (χ2v) is 4.23. The Balaban J connectivity index is 2.42. The quantitative estimate of drug-likeness (QED) is 0.314. The summed E-state index contributed by atoms with van der Waals surface area (Å²) in [5.41, 5.74) is 3.67. The van der Waals surface area contributed by atoms with Crippen LogP contribution in [-0.2, 0) is 11.2 Å². The summed E-state index contributed by atoms with van der Waals surface area (Å²) in [5.74, 6) is 4.29. The number of hydroxylamine groups is 1. The topological polar surface area (TPSA) is 78.4 Å². The minimum atomic E-state index is -0.596. The molecular weight excluding hydrogens is 244 g/mol. The van der Waals surface area contributed by atoms with Crippen LogP contribution < -0.4 is 10.8 Å². The number of hydrogen-bond donors (Lipinski definition) is 3. The Hall–Kier alpha value is -2.16. The molecule has 98 valence electrons. The third-order valence-electron chi connectivity index (χ3n) is 3.07. The smallest absolute Gasteiger partial charge is 0.274 e. The molecule has 1 aromatic carbocycles. The van der Waals surface area contributed by atoms with Gasteiger partial charge in [-0.1, -0.05) is 12.0 Å². The van der Waals surface area contributed by atoms with Gasteiger partial charge in [-0.05, 0) is 42.5 Å². The summed E-state index contributed by atoms with van der Waals surface area (Å²) in [5, 5.41) is 11.7. The molecule has 0 fully saturated rings. The van der Waals surface area contributed by atoms with E-state index in [0.717, 1.165) is 17.5 Å². The van der Waals surface area contributed by atoms with E-state index in [1.165, 1.54) is 0 Å². The molecule has 0 aliphatic carbocycles. The summed E-state index contributed by atoms with van der Waals surface area (Å²) >= 11 is 0. The number of benzene rings is 1. The molecular formula is C14H14N2O3. The Morgan fingerprint density at radius 3 is 2.95 bits per heavy atom. The van der Waals surface area contributed by atoms with Gasteiger partial charge in [-0.25, -0.2) is 5.48 Å². The second kappa shape index (κ2) is 5.65. The van der Waals surface area contributed by atoms with Crippen LogP contribution in [-0.4, -0.2) is 23.4 Å². The average Bonchev–Trinajstić information content (AvgIpc) is 2.45. The van der Waals surface area contributed by atoms with E-state index in [4.69, 9.17) is 5.21 Å². The van der Waals surface area contributed by atoms with Crippen molar-refractivity contribution in [3.63, 3.8) is 0 Å². The van der Waals surface area contributed by atoms with Crippen molar-refractivity contribution in [2.24, 2.45) is 0 Å². The summed E-state index contributed by atoms with van der Waals surface area (Å²) in [7, 11) is 0. The van der Waals surface area contributed by atoms with Crippen molar-refractivity contribution >= 4 is 11.7 Å². The Morgan fingerprint density at radius 1 is 1.47 bits per heavy atom. The first-order valence-electron chi connectivity index (χ1n) is 5.94. The molecule has 0 radical (unpaired) electrons. The molecule has 19 heavy (non-hydrogen) atoms. The largest absolute Gasteiger partial charge is 0.303 e. The molecule has 5 nitrogen and oxygen atoms in total. The lowest BCUT2D eigenvalue weighted by molar-refractivity contribution is -0.116. The van der Waals surface area contributed by atoms with Crippen molar-refractivity contribution in [2.75, 3.05) is 6.54 Å². The zero-order chi connectivity index (χ0) is 13.8. The minimum Gasteiger partial charge on any atom is -0.303 e. The van der Waals surface area contributed by atoms with E-state index in [1.807, 2.05) is 0 Å². The van der Waals surface area contributed by atoms with Crippen LogP contribution in [0.25, 0.3) is 0 Å². The zero-order valence-corrected chi connectivity index (χ0v) is 10.5. The highest BCUT2D eigenvalue weighted by Crippen LogP contribution is 2.24. The molecule has 0 saturated heterocycles. The maximum Gasteiger partial charge on any atom is 0.274 e. The molecule has 5 heteroatoms. The normalized spacial score (nSPS) is 16.8. The van der Waals surface area contributed by atoms with Gasteiger partial charge in [0.25, 0.3) is 5.91 Å². The van der Waals surface area contributed by atoms with Crippen LogP contribution in [0, 0.1) is 11.8 Å². The maximum atomic E-state index is 11.9. The van der Waals surface area contributed by atoms with Crippen LogP contribution in [0.2, 0.25) is 0 Å². The lowest BCUT2D eigenvalue weighted by Crippen LogP contribution is -2.35. The van der Waals surface area contributed by atoms with E-state index >= 15 is 0 Å². The summed E-state index contributed by atoms with van der Waals surface area (Å²) < 4.78 is 0. The van der Waals surface area contributed by atoms with Crippen molar-refractivity contribution in [3.05, 3.63) is 34.9 Å². The molecule has 0 saturated carbocycles. The number of Topliss-reactive ketones (excluding diaryl/α,β-unsaturated/α-hetero) is 1. The fraction of sp³-hybridized carbons (Fsp3) is 0.286. The third kappa shape index (κ3) is 2.65. The second-order valence-electron chi connectivity index (χ2n) is 4.23. The first-order valence-corrected chi connectivity index (χ1v) is 5.94. The summed E-state index contributed by atoms with van der Waals surface area (Å²) in [4.78, 5) is 23.3. The molecule has 1 aliphatic heterocycles. The van der Waals surface area contributed by atoms with Crippen molar-refractivity contribution in [1.82, 2.24) is 10.8 Å². The predicted molar refractivity (Wildman–Crippen MR) is 68.6 cm³/mol. The van der Waals surface area contributed by atoms with Crippen LogP contribution in [0.4, 0.5) is 0 Å². The lowest BCUT2D eigenvalue weighted by atomic mass is 9.90. The van der Waals surface area contributed by atoms with Crippen LogP contribution >= 0.6 is 0 Å². The number of carbonyl (C=O) groups excluding carboxylic acids is 2. The fourth-order valence-corrected chi connectivity index (χ4v) is 2.19. The summed E-state index contributed by atoms with van der Waals surface area (Å²) in [6, 6.07) is 4.54. The zero-order valence-electron chi connectivity index (χ0n) is 10.5. The van der Waals surface area contributed by atoms with Gasteiger partial charge >= 0.3 is 0 Å². The number of fused-ring (bicyclic) bond motifs is 1. The highest BCUT2D eigenvalue weighted by Gasteiger charge is 2.25. The van der Waals surface area contributed by atoms with Crippen LogP contribution in [0.1, 0.15) is 34.5 Å². The Morgan fingerprint density at radius 2 is 2.26 bits per heavy atom. The van der Waals surface area contributed by atoms with E-state index in [0.29, 0.717) is 12.1 Å². The van der Waals surface area contributed by atoms with Gasteiger partial charge in [-0.3, -0.25) is 14.8 Å². The molecule has 1 amide bonds. The molecule has 1 unspecified atom stereocenters. The van der Waals surface area contributed by atoms with Crippen molar-refractivity contribution in [1.29, 1.82) is 0 Å². The van der Waals surface area contributed by atoms with Gasteiger partial charge in [-0.2, -0.15) is 0 Å². The number of nitrogens with one attached hydrogen (secondary N) is 2. The van der Waals surface area contributed by atoms with Crippen molar-refractivity contribution in [2.45, 2.75) is 19.4 Å².